The molecule has 0 bridgehead atoms. The maximum absolute atomic E-state index is 13.0. The standard InChI is InChI=1S/C20H21N3OS/c1-4-13-23(19(24)17-12-8-6-10-15(17)3)20-22-21-18(25-20)16-11-7-5-9-14(16)2/h5-12H,4,13H2,1-3H3. The Morgan fingerprint density at radius 1 is 1.00 bits per heavy atom. The van der Waals surface area contributed by atoms with Gasteiger partial charge in [0.2, 0.25) is 5.13 Å². The maximum atomic E-state index is 13.0. The molecular formula is C20H21N3OS. The molecule has 0 aliphatic rings. The van der Waals surface area contributed by atoms with Crippen LogP contribution in [0.3, 0.4) is 0 Å². The van der Waals surface area contributed by atoms with Crippen LogP contribution < -0.4 is 4.90 Å². The predicted octanol–water partition coefficient (Wildman–Crippen LogP) is 4.88. The molecule has 1 aromatic heterocycles. The molecule has 2 aromatic carbocycles. The Morgan fingerprint density at radius 2 is 1.68 bits per heavy atom. The normalized spacial score (nSPS) is 10.7. The zero-order chi connectivity index (χ0) is 17.8. The van der Waals surface area contributed by atoms with E-state index in [1.807, 2.05) is 49.4 Å². The van der Waals surface area contributed by atoms with E-state index in [9.17, 15) is 4.79 Å². The number of hydrogen-bond donors (Lipinski definition) is 0. The predicted molar refractivity (Wildman–Crippen MR) is 103 cm³/mol. The third kappa shape index (κ3) is 3.61. The molecule has 4 nitrogen and oxygen atoms in total. The number of aryl methyl sites for hydroxylation is 2. The average Bonchev–Trinajstić information content (AvgIpc) is 3.09. The fourth-order valence-corrected chi connectivity index (χ4v) is 3.67. The maximum Gasteiger partial charge on any atom is 0.260 e. The smallest absolute Gasteiger partial charge is 0.260 e. The van der Waals surface area contributed by atoms with Gasteiger partial charge in [-0.05, 0) is 37.5 Å². The number of carbonyl (C=O) groups is 1. The second kappa shape index (κ2) is 7.57. The molecule has 3 aromatic rings. The molecule has 0 fully saturated rings. The Hall–Kier alpha value is -2.53. The van der Waals surface area contributed by atoms with Crippen molar-refractivity contribution in [3.63, 3.8) is 0 Å². The number of rotatable bonds is 5. The fraction of sp³-hybridized carbons (Fsp3) is 0.250. The van der Waals surface area contributed by atoms with Gasteiger partial charge in [0.15, 0.2) is 0 Å². The molecule has 0 aliphatic carbocycles. The molecule has 0 radical (unpaired) electrons. The van der Waals surface area contributed by atoms with E-state index >= 15 is 0 Å². The first kappa shape index (κ1) is 17.3. The van der Waals surface area contributed by atoms with Crippen molar-refractivity contribution >= 4 is 22.4 Å². The van der Waals surface area contributed by atoms with Crippen LogP contribution in [0.5, 0.6) is 0 Å². The van der Waals surface area contributed by atoms with E-state index in [4.69, 9.17) is 0 Å². The number of anilines is 1. The first-order valence-electron chi connectivity index (χ1n) is 8.38. The second-order valence-electron chi connectivity index (χ2n) is 5.98. The molecule has 0 aliphatic heterocycles. The molecule has 0 unspecified atom stereocenters. The minimum absolute atomic E-state index is 0.0209. The van der Waals surface area contributed by atoms with Crippen LogP contribution in [0.4, 0.5) is 5.13 Å². The molecule has 3 rings (SSSR count). The Balaban J connectivity index is 1.96. The van der Waals surface area contributed by atoms with E-state index in [-0.39, 0.29) is 5.91 Å². The van der Waals surface area contributed by atoms with Gasteiger partial charge in [-0.15, -0.1) is 10.2 Å². The van der Waals surface area contributed by atoms with Crippen LogP contribution in [-0.2, 0) is 0 Å². The van der Waals surface area contributed by atoms with E-state index in [0.29, 0.717) is 17.2 Å². The number of amides is 1. The Morgan fingerprint density at radius 3 is 2.36 bits per heavy atom. The van der Waals surface area contributed by atoms with Crippen molar-refractivity contribution in [2.24, 2.45) is 0 Å². The minimum atomic E-state index is -0.0209. The largest absolute Gasteiger partial charge is 0.283 e. The van der Waals surface area contributed by atoms with Crippen LogP contribution in [-0.4, -0.2) is 22.6 Å². The molecule has 1 heterocycles. The molecule has 5 heteroatoms. The third-order valence-electron chi connectivity index (χ3n) is 4.09. The zero-order valence-corrected chi connectivity index (χ0v) is 15.5. The van der Waals surface area contributed by atoms with Crippen LogP contribution in [0.25, 0.3) is 10.6 Å². The summed E-state index contributed by atoms with van der Waals surface area (Å²) in [5.74, 6) is -0.0209. The summed E-state index contributed by atoms with van der Waals surface area (Å²) in [5, 5.41) is 10.1. The Bertz CT molecular complexity index is 888. The molecule has 128 valence electrons. The van der Waals surface area contributed by atoms with Gasteiger partial charge in [-0.2, -0.15) is 0 Å². The van der Waals surface area contributed by atoms with Crippen molar-refractivity contribution < 1.29 is 4.79 Å². The summed E-state index contributed by atoms with van der Waals surface area (Å²) in [6.07, 6.45) is 0.858. The molecule has 1 amide bonds. The van der Waals surface area contributed by atoms with Gasteiger partial charge in [0, 0.05) is 17.7 Å². The lowest BCUT2D eigenvalue weighted by molar-refractivity contribution is 0.0986. The van der Waals surface area contributed by atoms with E-state index in [1.165, 1.54) is 11.3 Å². The quantitative estimate of drug-likeness (QED) is 0.658. The monoisotopic (exact) mass is 351 g/mol. The Kier molecular flexibility index (Phi) is 5.24. The number of aromatic nitrogens is 2. The molecule has 0 spiro atoms. The van der Waals surface area contributed by atoms with Crippen LogP contribution >= 0.6 is 11.3 Å². The molecule has 0 N–H and O–H groups in total. The molecule has 25 heavy (non-hydrogen) atoms. The van der Waals surface area contributed by atoms with Crippen molar-refractivity contribution in [3.8, 4) is 10.6 Å². The van der Waals surface area contributed by atoms with Gasteiger partial charge >= 0.3 is 0 Å². The highest BCUT2D eigenvalue weighted by Gasteiger charge is 2.22. The highest BCUT2D eigenvalue weighted by atomic mass is 32.1. The van der Waals surface area contributed by atoms with Crippen molar-refractivity contribution in [1.82, 2.24) is 10.2 Å². The van der Waals surface area contributed by atoms with Crippen molar-refractivity contribution in [3.05, 3.63) is 65.2 Å². The van der Waals surface area contributed by atoms with Crippen molar-refractivity contribution in [1.29, 1.82) is 0 Å². The number of carbonyl (C=O) groups excluding carboxylic acids is 1. The van der Waals surface area contributed by atoms with Gasteiger partial charge in [0.25, 0.3) is 5.91 Å². The highest BCUT2D eigenvalue weighted by molar-refractivity contribution is 7.18. The zero-order valence-electron chi connectivity index (χ0n) is 14.7. The van der Waals surface area contributed by atoms with Gasteiger partial charge in [0.05, 0.1) is 0 Å². The van der Waals surface area contributed by atoms with E-state index in [1.54, 1.807) is 4.90 Å². The third-order valence-corrected chi connectivity index (χ3v) is 5.07. The second-order valence-corrected chi connectivity index (χ2v) is 6.93. The summed E-state index contributed by atoms with van der Waals surface area (Å²) in [6.45, 7) is 6.69. The van der Waals surface area contributed by atoms with Crippen LogP contribution in [0.2, 0.25) is 0 Å². The molecule has 0 atom stereocenters. The topological polar surface area (TPSA) is 46.1 Å². The van der Waals surface area contributed by atoms with Gasteiger partial charge in [0.1, 0.15) is 5.01 Å². The first-order valence-corrected chi connectivity index (χ1v) is 9.20. The summed E-state index contributed by atoms with van der Waals surface area (Å²) in [5.41, 5.74) is 3.89. The van der Waals surface area contributed by atoms with Crippen LogP contribution in [0.1, 0.15) is 34.8 Å². The SMILES string of the molecule is CCCN(C(=O)c1ccccc1C)c1nnc(-c2ccccc2C)s1. The van der Waals surface area contributed by atoms with E-state index in [0.717, 1.165) is 28.1 Å². The van der Waals surface area contributed by atoms with Crippen molar-refractivity contribution in [2.45, 2.75) is 27.2 Å². The molecule has 0 saturated carbocycles. The lowest BCUT2D eigenvalue weighted by Crippen LogP contribution is -2.32. The average molecular weight is 351 g/mol. The minimum Gasteiger partial charge on any atom is -0.283 e. The van der Waals surface area contributed by atoms with E-state index < -0.39 is 0 Å². The van der Waals surface area contributed by atoms with Crippen LogP contribution in [0.15, 0.2) is 48.5 Å². The fourth-order valence-electron chi connectivity index (χ4n) is 2.71. The van der Waals surface area contributed by atoms with Gasteiger partial charge in [-0.3, -0.25) is 9.69 Å². The lowest BCUT2D eigenvalue weighted by atomic mass is 10.1. The summed E-state index contributed by atoms with van der Waals surface area (Å²) < 4.78 is 0. The van der Waals surface area contributed by atoms with Gasteiger partial charge in [-0.25, -0.2) is 0 Å². The van der Waals surface area contributed by atoms with E-state index in [2.05, 4.69) is 30.1 Å². The van der Waals surface area contributed by atoms with Crippen molar-refractivity contribution in [2.75, 3.05) is 11.4 Å². The van der Waals surface area contributed by atoms with Gasteiger partial charge < -0.3 is 0 Å². The molecule has 0 saturated heterocycles. The Labute approximate surface area is 152 Å². The number of hydrogen-bond acceptors (Lipinski definition) is 4. The number of benzene rings is 2. The lowest BCUT2D eigenvalue weighted by Gasteiger charge is -2.19. The molecular weight excluding hydrogens is 330 g/mol. The summed E-state index contributed by atoms with van der Waals surface area (Å²) >= 11 is 1.46. The summed E-state index contributed by atoms with van der Waals surface area (Å²) in [4.78, 5) is 14.8. The van der Waals surface area contributed by atoms with Gasteiger partial charge in [-0.1, -0.05) is 60.7 Å². The first-order chi connectivity index (χ1) is 12.1. The summed E-state index contributed by atoms with van der Waals surface area (Å²) in [7, 11) is 0. The highest BCUT2D eigenvalue weighted by Crippen LogP contribution is 2.31. The number of nitrogens with zero attached hydrogens (tertiary/aromatic N) is 3. The van der Waals surface area contributed by atoms with Crippen LogP contribution in [0, 0.1) is 13.8 Å². The summed E-state index contributed by atoms with van der Waals surface area (Å²) in [6, 6.07) is 15.7.